The Morgan fingerprint density at radius 1 is 0.750 bits per heavy atom. The van der Waals surface area contributed by atoms with Gasteiger partial charge in [-0.05, 0) is 84.9 Å². The molecular weight excluding hydrogens is 315 g/mol. The third-order valence-electron chi connectivity index (χ3n) is 3.85. The lowest BCUT2D eigenvalue weighted by molar-refractivity contribution is -0.137. The third-order valence-corrected chi connectivity index (χ3v) is 3.85. The van der Waals surface area contributed by atoms with Gasteiger partial charge in [-0.3, -0.25) is 4.90 Å². The van der Waals surface area contributed by atoms with E-state index in [1.807, 2.05) is 28.2 Å². The van der Waals surface area contributed by atoms with Gasteiger partial charge in [0.05, 0.1) is 5.56 Å². The molecule has 0 saturated carbocycles. The van der Waals surface area contributed by atoms with E-state index in [1.54, 1.807) is 12.1 Å². The van der Waals surface area contributed by atoms with Crippen LogP contribution in [0, 0.1) is 0 Å². The third kappa shape index (κ3) is 8.66. The number of alkyl halides is 3. The SMILES string of the molecule is CN(C)CCCN(CCCN(C)C)Cc1ccc(C(F)(F)F)cc1. The molecule has 0 aliphatic heterocycles. The minimum absolute atomic E-state index is 0.585. The molecule has 24 heavy (non-hydrogen) atoms. The highest BCUT2D eigenvalue weighted by Crippen LogP contribution is 2.29. The topological polar surface area (TPSA) is 9.72 Å². The van der Waals surface area contributed by atoms with Crippen molar-refractivity contribution in [2.75, 3.05) is 54.4 Å². The number of benzene rings is 1. The Morgan fingerprint density at radius 2 is 1.21 bits per heavy atom. The van der Waals surface area contributed by atoms with Gasteiger partial charge in [0, 0.05) is 6.54 Å². The van der Waals surface area contributed by atoms with Gasteiger partial charge in [-0.25, -0.2) is 0 Å². The molecule has 0 bridgehead atoms. The molecule has 0 N–H and O–H groups in total. The predicted molar refractivity (Wildman–Crippen MR) is 93.1 cm³/mol. The predicted octanol–water partition coefficient (Wildman–Crippen LogP) is 3.41. The van der Waals surface area contributed by atoms with Gasteiger partial charge < -0.3 is 9.80 Å². The van der Waals surface area contributed by atoms with E-state index in [1.165, 1.54) is 12.1 Å². The van der Waals surface area contributed by atoms with Crippen molar-refractivity contribution in [3.63, 3.8) is 0 Å². The van der Waals surface area contributed by atoms with Crippen LogP contribution in [0.3, 0.4) is 0 Å². The summed E-state index contributed by atoms with van der Waals surface area (Å²) in [5, 5.41) is 0. The average Bonchev–Trinajstić information content (AvgIpc) is 2.45. The summed E-state index contributed by atoms with van der Waals surface area (Å²) in [6, 6.07) is 5.53. The minimum atomic E-state index is -4.27. The first kappa shape index (κ1) is 20.9. The quantitative estimate of drug-likeness (QED) is 0.643. The smallest absolute Gasteiger partial charge is 0.309 e. The van der Waals surface area contributed by atoms with Crippen molar-refractivity contribution in [1.29, 1.82) is 0 Å². The van der Waals surface area contributed by atoms with Crippen LogP contribution in [0.5, 0.6) is 0 Å². The first-order valence-corrected chi connectivity index (χ1v) is 8.36. The lowest BCUT2D eigenvalue weighted by Gasteiger charge is -2.24. The van der Waals surface area contributed by atoms with Crippen LogP contribution in [0.25, 0.3) is 0 Å². The molecule has 0 aromatic heterocycles. The number of nitrogens with zero attached hydrogens (tertiary/aromatic N) is 3. The molecule has 0 amide bonds. The summed E-state index contributed by atoms with van der Waals surface area (Å²) in [4.78, 5) is 6.63. The maximum Gasteiger partial charge on any atom is 0.416 e. The van der Waals surface area contributed by atoms with Crippen LogP contribution < -0.4 is 0 Å². The van der Waals surface area contributed by atoms with Crippen molar-refractivity contribution < 1.29 is 13.2 Å². The van der Waals surface area contributed by atoms with E-state index in [0.717, 1.165) is 44.6 Å². The zero-order valence-electron chi connectivity index (χ0n) is 15.2. The fourth-order valence-corrected chi connectivity index (χ4v) is 2.55. The van der Waals surface area contributed by atoms with Crippen LogP contribution in [0.4, 0.5) is 13.2 Å². The highest BCUT2D eigenvalue weighted by molar-refractivity contribution is 5.24. The van der Waals surface area contributed by atoms with E-state index in [-0.39, 0.29) is 0 Å². The molecule has 6 heteroatoms. The highest BCUT2D eigenvalue weighted by atomic mass is 19.4. The molecule has 0 aliphatic rings. The van der Waals surface area contributed by atoms with E-state index < -0.39 is 11.7 Å². The highest BCUT2D eigenvalue weighted by Gasteiger charge is 2.29. The van der Waals surface area contributed by atoms with E-state index in [0.29, 0.717) is 6.54 Å². The zero-order valence-corrected chi connectivity index (χ0v) is 15.2. The van der Waals surface area contributed by atoms with Gasteiger partial charge in [-0.1, -0.05) is 12.1 Å². The second kappa shape index (κ2) is 10.0. The van der Waals surface area contributed by atoms with Crippen LogP contribution in [0.2, 0.25) is 0 Å². The second-order valence-corrected chi connectivity index (χ2v) is 6.78. The van der Waals surface area contributed by atoms with Gasteiger partial charge >= 0.3 is 6.18 Å². The molecule has 138 valence electrons. The van der Waals surface area contributed by atoms with E-state index >= 15 is 0 Å². The van der Waals surface area contributed by atoms with Crippen molar-refractivity contribution in [3.8, 4) is 0 Å². The molecule has 3 nitrogen and oxygen atoms in total. The molecule has 1 rings (SSSR count). The molecule has 0 saturated heterocycles. The molecular formula is C18H30F3N3. The van der Waals surface area contributed by atoms with Gasteiger partial charge in [-0.2, -0.15) is 13.2 Å². The molecule has 0 spiro atoms. The molecule has 0 radical (unpaired) electrons. The number of hydrogen-bond donors (Lipinski definition) is 0. The zero-order chi connectivity index (χ0) is 18.2. The van der Waals surface area contributed by atoms with E-state index in [9.17, 15) is 13.2 Å². The van der Waals surface area contributed by atoms with Gasteiger partial charge in [0.15, 0.2) is 0 Å². The number of rotatable bonds is 10. The lowest BCUT2D eigenvalue weighted by atomic mass is 10.1. The molecule has 1 aromatic rings. The summed E-state index contributed by atoms with van der Waals surface area (Å²) in [6.07, 6.45) is -2.17. The lowest BCUT2D eigenvalue weighted by Crippen LogP contribution is -2.30. The van der Waals surface area contributed by atoms with Gasteiger partial charge in [0.2, 0.25) is 0 Å². The second-order valence-electron chi connectivity index (χ2n) is 6.78. The van der Waals surface area contributed by atoms with Crippen LogP contribution in [0.1, 0.15) is 24.0 Å². The minimum Gasteiger partial charge on any atom is -0.309 e. The molecule has 0 unspecified atom stereocenters. The van der Waals surface area contributed by atoms with Crippen molar-refractivity contribution >= 4 is 0 Å². The summed E-state index contributed by atoms with van der Waals surface area (Å²) >= 11 is 0. The Labute approximate surface area is 144 Å². The Morgan fingerprint density at radius 3 is 1.58 bits per heavy atom. The van der Waals surface area contributed by atoms with Crippen LogP contribution in [0.15, 0.2) is 24.3 Å². The fraction of sp³-hybridized carbons (Fsp3) is 0.667. The fourth-order valence-electron chi connectivity index (χ4n) is 2.55. The normalized spacial score (nSPS) is 12.6. The van der Waals surface area contributed by atoms with E-state index in [4.69, 9.17) is 0 Å². The summed E-state index contributed by atoms with van der Waals surface area (Å²) < 4.78 is 37.9. The van der Waals surface area contributed by atoms with Crippen molar-refractivity contribution in [3.05, 3.63) is 35.4 Å². The molecule has 0 fully saturated rings. The van der Waals surface area contributed by atoms with Crippen molar-refractivity contribution in [2.45, 2.75) is 25.6 Å². The average molecular weight is 345 g/mol. The Balaban J connectivity index is 2.61. The first-order valence-electron chi connectivity index (χ1n) is 8.36. The number of halogens is 3. The summed E-state index contributed by atoms with van der Waals surface area (Å²) in [5.74, 6) is 0. The maximum atomic E-state index is 12.6. The number of hydrogen-bond acceptors (Lipinski definition) is 3. The Hall–Kier alpha value is -1.11. The van der Waals surface area contributed by atoms with Crippen molar-refractivity contribution in [1.82, 2.24) is 14.7 Å². The van der Waals surface area contributed by atoms with Crippen LogP contribution in [-0.4, -0.2) is 69.1 Å². The summed E-state index contributed by atoms with van der Waals surface area (Å²) in [6.45, 7) is 4.62. The molecule has 0 atom stereocenters. The summed E-state index contributed by atoms with van der Waals surface area (Å²) in [5.41, 5.74) is 0.343. The largest absolute Gasteiger partial charge is 0.416 e. The molecule has 0 aliphatic carbocycles. The van der Waals surface area contributed by atoms with Gasteiger partial charge in [0.1, 0.15) is 0 Å². The Bertz CT molecular complexity index is 442. The Kier molecular flexibility index (Phi) is 8.73. The van der Waals surface area contributed by atoms with Crippen LogP contribution in [-0.2, 0) is 12.7 Å². The molecule has 0 heterocycles. The van der Waals surface area contributed by atoms with Crippen LogP contribution >= 0.6 is 0 Å². The van der Waals surface area contributed by atoms with E-state index in [2.05, 4.69) is 14.7 Å². The summed E-state index contributed by atoms with van der Waals surface area (Å²) in [7, 11) is 8.19. The van der Waals surface area contributed by atoms with Gasteiger partial charge in [0.25, 0.3) is 0 Å². The van der Waals surface area contributed by atoms with Gasteiger partial charge in [-0.15, -0.1) is 0 Å². The molecule has 1 aromatic carbocycles. The van der Waals surface area contributed by atoms with Crippen molar-refractivity contribution in [2.24, 2.45) is 0 Å². The standard InChI is InChI=1S/C18H30F3N3/c1-22(2)11-5-13-24(14-6-12-23(3)4)15-16-7-9-17(10-8-16)18(19,20)21/h7-10H,5-6,11-15H2,1-4H3. The monoisotopic (exact) mass is 345 g/mol. The first-order chi connectivity index (χ1) is 11.2. The maximum absolute atomic E-state index is 12.6.